The molecule has 3 atom stereocenters. The molecule has 8 heavy (non-hydrogen) atoms. The van der Waals surface area contributed by atoms with E-state index >= 15 is 0 Å². The Hall–Kier alpha value is -0.0400. The van der Waals surface area contributed by atoms with E-state index in [1.54, 1.807) is 0 Å². The van der Waals surface area contributed by atoms with Crippen molar-refractivity contribution in [1.82, 2.24) is 0 Å². The third-order valence-electron chi connectivity index (χ3n) is 2.70. The lowest BCUT2D eigenvalue weighted by molar-refractivity contribution is 0.113. The number of fused-ring (bicyclic) bond motifs is 2. The molecule has 46 valence electrons. The molecule has 0 saturated heterocycles. The summed E-state index contributed by atoms with van der Waals surface area (Å²) in [7, 11) is 0. The fraction of sp³-hybridized carbons (Fsp3) is 1.00. The van der Waals surface area contributed by atoms with E-state index in [4.69, 9.17) is 0 Å². The van der Waals surface area contributed by atoms with Crippen molar-refractivity contribution in [2.75, 3.05) is 0 Å². The number of aliphatic hydroxyl groups is 1. The molecule has 0 spiro atoms. The van der Waals surface area contributed by atoms with Crippen LogP contribution in [0.3, 0.4) is 0 Å². The molecule has 2 aliphatic rings. The molecule has 2 fully saturated rings. The van der Waals surface area contributed by atoms with Gasteiger partial charge in [0, 0.05) is 0 Å². The highest BCUT2D eigenvalue weighted by Gasteiger charge is 2.38. The smallest absolute Gasteiger partial charge is 0.0571 e. The lowest BCUT2D eigenvalue weighted by atomic mass is 9.98. The highest BCUT2D eigenvalue weighted by Crippen LogP contribution is 2.44. The van der Waals surface area contributed by atoms with Crippen LogP contribution in [0.15, 0.2) is 0 Å². The van der Waals surface area contributed by atoms with E-state index in [1.165, 1.54) is 19.3 Å². The van der Waals surface area contributed by atoms with Gasteiger partial charge in [-0.3, -0.25) is 0 Å². The van der Waals surface area contributed by atoms with Crippen molar-refractivity contribution in [2.24, 2.45) is 11.8 Å². The normalized spacial score (nSPS) is 52.9. The van der Waals surface area contributed by atoms with E-state index in [0.29, 0.717) is 5.92 Å². The Morgan fingerprint density at radius 1 is 1.12 bits per heavy atom. The number of aliphatic hydroxyl groups excluding tert-OH is 1. The Kier molecular flexibility index (Phi) is 0.884. The zero-order valence-corrected chi connectivity index (χ0v) is 5.01. The molecule has 0 amide bonds. The Morgan fingerprint density at radius 3 is 2.25 bits per heavy atom. The molecule has 0 radical (unpaired) electrons. The lowest BCUT2D eigenvalue weighted by Gasteiger charge is -2.14. The molecule has 2 saturated carbocycles. The monoisotopic (exact) mass is 112 g/mol. The minimum Gasteiger partial charge on any atom is -0.393 e. The van der Waals surface area contributed by atoms with Crippen molar-refractivity contribution in [3.8, 4) is 0 Å². The first-order chi connectivity index (χ1) is 3.86. The molecule has 2 aliphatic carbocycles. The highest BCUT2D eigenvalue weighted by molar-refractivity contribution is 4.89. The number of hydrogen-bond donors (Lipinski definition) is 1. The van der Waals surface area contributed by atoms with E-state index in [-0.39, 0.29) is 6.10 Å². The Labute approximate surface area is 49.7 Å². The summed E-state index contributed by atoms with van der Waals surface area (Å²) in [4.78, 5) is 0. The number of hydrogen-bond acceptors (Lipinski definition) is 1. The minimum absolute atomic E-state index is 0.0775. The van der Waals surface area contributed by atoms with Crippen LogP contribution in [0.5, 0.6) is 0 Å². The quantitative estimate of drug-likeness (QED) is 0.498. The van der Waals surface area contributed by atoms with Gasteiger partial charge in [0.05, 0.1) is 6.10 Å². The predicted molar refractivity (Wildman–Crippen MR) is 31.5 cm³/mol. The molecule has 2 bridgehead atoms. The van der Waals surface area contributed by atoms with Crippen molar-refractivity contribution in [2.45, 2.75) is 31.8 Å². The van der Waals surface area contributed by atoms with Gasteiger partial charge in [-0.05, 0) is 37.5 Å². The third kappa shape index (κ3) is 0.510. The van der Waals surface area contributed by atoms with Gasteiger partial charge in [0.2, 0.25) is 0 Å². The largest absolute Gasteiger partial charge is 0.393 e. The van der Waals surface area contributed by atoms with E-state index < -0.39 is 0 Å². The standard InChI is InChI=1S/C7H12O/c8-7-4-5-1-2-6(7)3-5/h5-8H,1-4H2/t5-,6-,7-/m1/s1. The molecule has 2 rings (SSSR count). The van der Waals surface area contributed by atoms with Crippen LogP contribution in [0.25, 0.3) is 0 Å². The van der Waals surface area contributed by atoms with Gasteiger partial charge >= 0.3 is 0 Å². The van der Waals surface area contributed by atoms with Gasteiger partial charge in [0.1, 0.15) is 0 Å². The summed E-state index contributed by atoms with van der Waals surface area (Å²) in [5.41, 5.74) is 0. The predicted octanol–water partition coefficient (Wildman–Crippen LogP) is 1.17. The van der Waals surface area contributed by atoms with Crippen LogP contribution in [-0.2, 0) is 0 Å². The van der Waals surface area contributed by atoms with Crippen LogP contribution in [-0.4, -0.2) is 11.2 Å². The van der Waals surface area contributed by atoms with Gasteiger partial charge in [-0.15, -0.1) is 0 Å². The van der Waals surface area contributed by atoms with Crippen LogP contribution in [0.4, 0.5) is 0 Å². The van der Waals surface area contributed by atoms with Gasteiger partial charge in [0.15, 0.2) is 0 Å². The zero-order valence-electron chi connectivity index (χ0n) is 5.01. The van der Waals surface area contributed by atoms with Crippen molar-refractivity contribution >= 4 is 0 Å². The van der Waals surface area contributed by atoms with Crippen molar-refractivity contribution < 1.29 is 5.11 Å². The summed E-state index contributed by atoms with van der Waals surface area (Å²) in [5.74, 6) is 1.59. The second-order valence-electron chi connectivity index (χ2n) is 3.24. The van der Waals surface area contributed by atoms with Crippen molar-refractivity contribution in [3.63, 3.8) is 0 Å². The van der Waals surface area contributed by atoms with Crippen molar-refractivity contribution in [3.05, 3.63) is 0 Å². The maximum atomic E-state index is 9.22. The molecule has 0 aliphatic heterocycles. The lowest BCUT2D eigenvalue weighted by Crippen LogP contribution is -2.14. The third-order valence-corrected chi connectivity index (χ3v) is 2.70. The van der Waals surface area contributed by atoms with Gasteiger partial charge < -0.3 is 5.11 Å². The zero-order chi connectivity index (χ0) is 5.56. The molecule has 0 heterocycles. The summed E-state index contributed by atoms with van der Waals surface area (Å²) in [5, 5.41) is 9.22. The van der Waals surface area contributed by atoms with E-state index in [2.05, 4.69) is 0 Å². The first-order valence-corrected chi connectivity index (χ1v) is 3.54. The van der Waals surface area contributed by atoms with Crippen LogP contribution >= 0.6 is 0 Å². The summed E-state index contributed by atoms with van der Waals surface area (Å²) < 4.78 is 0. The maximum absolute atomic E-state index is 9.22. The average Bonchev–Trinajstić information content (AvgIpc) is 2.23. The SMILES string of the molecule is O[C@@H]1C[C@@H]2CC[C@@H]1C2. The maximum Gasteiger partial charge on any atom is 0.0571 e. The van der Waals surface area contributed by atoms with E-state index in [9.17, 15) is 5.11 Å². The number of rotatable bonds is 0. The van der Waals surface area contributed by atoms with E-state index in [0.717, 1.165) is 12.3 Å². The second-order valence-corrected chi connectivity index (χ2v) is 3.24. The molecule has 0 aromatic carbocycles. The first-order valence-electron chi connectivity index (χ1n) is 3.54. The summed E-state index contributed by atoms with van der Waals surface area (Å²) in [6.07, 6.45) is 5.19. The highest BCUT2D eigenvalue weighted by atomic mass is 16.3. The molecular weight excluding hydrogens is 100 g/mol. The average molecular weight is 112 g/mol. The van der Waals surface area contributed by atoms with Gasteiger partial charge in [-0.25, -0.2) is 0 Å². The molecule has 1 N–H and O–H groups in total. The van der Waals surface area contributed by atoms with Gasteiger partial charge in [0.25, 0.3) is 0 Å². The van der Waals surface area contributed by atoms with Gasteiger partial charge in [-0.2, -0.15) is 0 Å². The van der Waals surface area contributed by atoms with Gasteiger partial charge in [-0.1, -0.05) is 0 Å². The van der Waals surface area contributed by atoms with Crippen LogP contribution in [0.2, 0.25) is 0 Å². The van der Waals surface area contributed by atoms with Crippen LogP contribution < -0.4 is 0 Å². The summed E-state index contributed by atoms with van der Waals surface area (Å²) in [6.45, 7) is 0. The molecule has 1 heteroatoms. The first kappa shape index (κ1) is 4.80. The van der Waals surface area contributed by atoms with Crippen LogP contribution in [0.1, 0.15) is 25.7 Å². The molecular formula is C7H12O. The Morgan fingerprint density at radius 2 is 2.00 bits per heavy atom. The fourth-order valence-corrected chi connectivity index (χ4v) is 2.21. The fourth-order valence-electron chi connectivity index (χ4n) is 2.21. The molecule has 1 nitrogen and oxygen atoms in total. The van der Waals surface area contributed by atoms with Crippen LogP contribution in [0, 0.1) is 11.8 Å². The molecule has 0 unspecified atom stereocenters. The molecule has 0 aromatic heterocycles. The topological polar surface area (TPSA) is 20.2 Å². The minimum atomic E-state index is 0.0775. The molecule has 0 aromatic rings. The second kappa shape index (κ2) is 1.47. The Bertz CT molecular complexity index is 98.6. The Balaban J connectivity index is 2.11. The summed E-state index contributed by atoms with van der Waals surface area (Å²) in [6, 6.07) is 0. The summed E-state index contributed by atoms with van der Waals surface area (Å²) >= 11 is 0. The van der Waals surface area contributed by atoms with E-state index in [1.807, 2.05) is 0 Å². The van der Waals surface area contributed by atoms with Crippen molar-refractivity contribution in [1.29, 1.82) is 0 Å².